The van der Waals surface area contributed by atoms with Gasteiger partial charge in [0.05, 0.1) is 5.41 Å². The van der Waals surface area contributed by atoms with Crippen molar-refractivity contribution in [2.45, 2.75) is 45.4 Å². The standard InChI is InChI=1S/C15H20N2OS/c1-14-5-10-4-11(6-14)8-15(7-10,9-14)12(18)17-13-16-2-3-19-13/h2-3,10-11H,4-9H2,1H3,(H,16,17,18). The van der Waals surface area contributed by atoms with Gasteiger partial charge in [-0.1, -0.05) is 6.92 Å². The molecule has 0 aliphatic heterocycles. The molecule has 4 aliphatic carbocycles. The average molecular weight is 276 g/mol. The number of aromatic nitrogens is 1. The highest BCUT2D eigenvalue weighted by molar-refractivity contribution is 7.13. The van der Waals surface area contributed by atoms with E-state index in [0.29, 0.717) is 5.41 Å². The molecular formula is C15H20N2OS. The summed E-state index contributed by atoms with van der Waals surface area (Å²) >= 11 is 1.51. The van der Waals surface area contributed by atoms with E-state index in [4.69, 9.17) is 0 Å². The third-order valence-corrected chi connectivity index (χ3v) is 6.18. The smallest absolute Gasteiger partial charge is 0.232 e. The molecule has 2 atom stereocenters. The van der Waals surface area contributed by atoms with Gasteiger partial charge in [0.25, 0.3) is 0 Å². The number of amides is 1. The van der Waals surface area contributed by atoms with E-state index in [2.05, 4.69) is 17.2 Å². The van der Waals surface area contributed by atoms with Gasteiger partial charge >= 0.3 is 0 Å². The number of nitrogens with zero attached hydrogens (tertiary/aromatic N) is 1. The second-order valence-electron chi connectivity index (χ2n) is 7.34. The van der Waals surface area contributed by atoms with Crippen molar-refractivity contribution in [1.82, 2.24) is 4.98 Å². The van der Waals surface area contributed by atoms with Crippen molar-refractivity contribution in [2.75, 3.05) is 5.32 Å². The Hall–Kier alpha value is -0.900. The Bertz CT molecular complexity index is 496. The average Bonchev–Trinajstić information content (AvgIpc) is 2.78. The van der Waals surface area contributed by atoms with Crippen molar-refractivity contribution in [1.29, 1.82) is 0 Å². The summed E-state index contributed by atoms with van der Waals surface area (Å²) < 4.78 is 0. The van der Waals surface area contributed by atoms with E-state index in [1.54, 1.807) is 6.20 Å². The van der Waals surface area contributed by atoms with Gasteiger partial charge in [0.15, 0.2) is 5.13 Å². The maximum Gasteiger partial charge on any atom is 0.232 e. The zero-order chi connectivity index (χ0) is 13.1. The van der Waals surface area contributed by atoms with Crippen LogP contribution in [0.15, 0.2) is 11.6 Å². The second kappa shape index (κ2) is 3.81. The fourth-order valence-corrected chi connectivity index (χ4v) is 6.02. The van der Waals surface area contributed by atoms with Crippen LogP contribution in [0.4, 0.5) is 5.13 Å². The summed E-state index contributed by atoms with van der Waals surface area (Å²) in [6.45, 7) is 2.40. The Kier molecular flexibility index (Phi) is 2.39. The first kappa shape index (κ1) is 11.9. The summed E-state index contributed by atoms with van der Waals surface area (Å²) in [6, 6.07) is 0. The van der Waals surface area contributed by atoms with Crippen LogP contribution in [0.2, 0.25) is 0 Å². The number of nitrogens with one attached hydrogen (secondary N) is 1. The Labute approximate surface area is 117 Å². The Morgan fingerprint density at radius 3 is 2.68 bits per heavy atom. The van der Waals surface area contributed by atoms with Crippen molar-refractivity contribution in [3.05, 3.63) is 11.6 Å². The fourth-order valence-electron chi connectivity index (χ4n) is 5.50. The zero-order valence-corrected chi connectivity index (χ0v) is 12.1. The first-order chi connectivity index (χ1) is 9.07. The molecule has 4 saturated carbocycles. The number of thiazole rings is 1. The van der Waals surface area contributed by atoms with Crippen LogP contribution < -0.4 is 5.32 Å². The largest absolute Gasteiger partial charge is 0.301 e. The molecule has 2 unspecified atom stereocenters. The minimum atomic E-state index is -0.0928. The van der Waals surface area contributed by atoms with E-state index in [0.717, 1.165) is 36.2 Å². The van der Waals surface area contributed by atoms with E-state index in [1.165, 1.54) is 30.6 Å². The molecule has 1 amide bonds. The highest BCUT2D eigenvalue weighted by atomic mass is 32.1. The summed E-state index contributed by atoms with van der Waals surface area (Å²) in [5.41, 5.74) is 0.328. The van der Waals surface area contributed by atoms with Crippen LogP contribution in [0, 0.1) is 22.7 Å². The van der Waals surface area contributed by atoms with Gasteiger partial charge in [-0.2, -0.15) is 0 Å². The molecule has 5 rings (SSSR count). The van der Waals surface area contributed by atoms with Gasteiger partial charge in [-0.25, -0.2) is 4.98 Å². The predicted octanol–water partition coefficient (Wildman–Crippen LogP) is 3.69. The molecule has 1 N–H and O–H groups in total. The Morgan fingerprint density at radius 2 is 2.11 bits per heavy atom. The van der Waals surface area contributed by atoms with Gasteiger partial charge < -0.3 is 5.32 Å². The number of hydrogen-bond acceptors (Lipinski definition) is 3. The molecule has 0 spiro atoms. The number of carbonyl (C=O) groups excluding carboxylic acids is 1. The van der Waals surface area contributed by atoms with Crippen LogP contribution in [0.25, 0.3) is 0 Å². The lowest BCUT2D eigenvalue weighted by Gasteiger charge is -2.60. The van der Waals surface area contributed by atoms with Crippen molar-refractivity contribution in [3.8, 4) is 0 Å². The van der Waals surface area contributed by atoms with Crippen LogP contribution in [-0.4, -0.2) is 10.9 Å². The van der Waals surface area contributed by atoms with Gasteiger partial charge in [-0.3, -0.25) is 4.79 Å². The molecule has 4 aliphatic rings. The molecule has 1 aromatic heterocycles. The second-order valence-corrected chi connectivity index (χ2v) is 8.24. The number of rotatable bonds is 2. The summed E-state index contributed by atoms with van der Waals surface area (Å²) in [7, 11) is 0. The van der Waals surface area contributed by atoms with Gasteiger partial charge in [0.1, 0.15) is 0 Å². The molecular weight excluding hydrogens is 256 g/mol. The quantitative estimate of drug-likeness (QED) is 0.895. The summed E-state index contributed by atoms with van der Waals surface area (Å²) in [4.78, 5) is 16.9. The topological polar surface area (TPSA) is 42.0 Å². The first-order valence-corrected chi connectivity index (χ1v) is 8.16. The minimum Gasteiger partial charge on any atom is -0.301 e. The molecule has 4 bridgehead atoms. The molecule has 19 heavy (non-hydrogen) atoms. The molecule has 1 heterocycles. The van der Waals surface area contributed by atoms with Crippen molar-refractivity contribution < 1.29 is 4.79 Å². The Balaban J connectivity index is 1.61. The van der Waals surface area contributed by atoms with E-state index < -0.39 is 0 Å². The van der Waals surface area contributed by atoms with Crippen LogP contribution >= 0.6 is 11.3 Å². The van der Waals surface area contributed by atoms with Gasteiger partial charge in [0.2, 0.25) is 5.91 Å². The van der Waals surface area contributed by atoms with Crippen LogP contribution in [0.3, 0.4) is 0 Å². The van der Waals surface area contributed by atoms with Crippen molar-refractivity contribution >= 4 is 22.4 Å². The summed E-state index contributed by atoms with van der Waals surface area (Å²) in [5.74, 6) is 1.81. The molecule has 102 valence electrons. The number of hydrogen-bond donors (Lipinski definition) is 1. The molecule has 0 saturated heterocycles. The molecule has 1 aromatic rings. The number of carbonyl (C=O) groups is 1. The van der Waals surface area contributed by atoms with E-state index in [1.807, 2.05) is 5.38 Å². The monoisotopic (exact) mass is 276 g/mol. The highest BCUT2D eigenvalue weighted by Crippen LogP contribution is 2.65. The normalized spacial score (nSPS) is 43.4. The molecule has 0 aromatic carbocycles. The maximum atomic E-state index is 12.8. The molecule has 0 radical (unpaired) electrons. The summed E-state index contributed by atoms with van der Waals surface area (Å²) in [6.07, 6.45) is 9.10. The van der Waals surface area contributed by atoms with Gasteiger partial charge in [0, 0.05) is 11.6 Å². The molecule has 4 fully saturated rings. The maximum absolute atomic E-state index is 12.8. The lowest BCUT2D eigenvalue weighted by molar-refractivity contribution is -0.149. The van der Waals surface area contributed by atoms with Gasteiger partial charge in [-0.05, 0) is 55.8 Å². The fraction of sp³-hybridized carbons (Fsp3) is 0.733. The lowest BCUT2D eigenvalue weighted by atomic mass is 9.44. The van der Waals surface area contributed by atoms with Crippen molar-refractivity contribution in [2.24, 2.45) is 22.7 Å². The SMILES string of the molecule is CC12CC3CC(C1)CC(C(=O)Nc1nccs1)(C3)C2. The highest BCUT2D eigenvalue weighted by Gasteiger charge is 2.58. The van der Waals surface area contributed by atoms with E-state index >= 15 is 0 Å². The van der Waals surface area contributed by atoms with Crippen molar-refractivity contribution in [3.63, 3.8) is 0 Å². The molecule has 4 heteroatoms. The van der Waals surface area contributed by atoms with Crippen LogP contribution in [0.1, 0.15) is 45.4 Å². The summed E-state index contributed by atoms with van der Waals surface area (Å²) in [5, 5.41) is 5.73. The lowest BCUT2D eigenvalue weighted by Crippen LogP contribution is -2.55. The first-order valence-electron chi connectivity index (χ1n) is 7.28. The predicted molar refractivity (Wildman–Crippen MR) is 76.0 cm³/mol. The van der Waals surface area contributed by atoms with Crippen LogP contribution in [0.5, 0.6) is 0 Å². The van der Waals surface area contributed by atoms with E-state index in [-0.39, 0.29) is 11.3 Å². The minimum absolute atomic E-state index is 0.0928. The zero-order valence-electron chi connectivity index (χ0n) is 11.3. The van der Waals surface area contributed by atoms with E-state index in [9.17, 15) is 4.79 Å². The van der Waals surface area contributed by atoms with Crippen LogP contribution in [-0.2, 0) is 4.79 Å². The number of anilines is 1. The third-order valence-electron chi connectivity index (χ3n) is 5.49. The third kappa shape index (κ3) is 1.83. The van der Waals surface area contributed by atoms with Gasteiger partial charge in [-0.15, -0.1) is 11.3 Å². The Morgan fingerprint density at radius 1 is 1.37 bits per heavy atom. The molecule has 3 nitrogen and oxygen atoms in total.